The molecule has 1 heterocycles. The number of aliphatic hydroxyl groups is 1. The van der Waals surface area contributed by atoms with E-state index >= 15 is 0 Å². The third-order valence-corrected chi connectivity index (χ3v) is 3.56. The van der Waals surface area contributed by atoms with E-state index in [2.05, 4.69) is 16.9 Å². The normalized spacial score (nSPS) is 34.9. The van der Waals surface area contributed by atoms with Gasteiger partial charge in [0.25, 0.3) is 0 Å². The van der Waals surface area contributed by atoms with Crippen molar-refractivity contribution in [3.05, 3.63) is 12.2 Å². The van der Waals surface area contributed by atoms with E-state index in [1.807, 2.05) is 0 Å². The maximum atomic E-state index is 10.8. The van der Waals surface area contributed by atoms with Crippen molar-refractivity contribution in [2.75, 3.05) is 7.11 Å². The fourth-order valence-corrected chi connectivity index (χ4v) is 2.44. The molecule has 17 heavy (non-hydrogen) atoms. The lowest BCUT2D eigenvalue weighted by atomic mass is 10.00. The smallest absolute Gasteiger partial charge is 0.305 e. The number of rotatable bonds is 6. The lowest BCUT2D eigenvalue weighted by molar-refractivity contribution is -0.140. The van der Waals surface area contributed by atoms with Crippen LogP contribution in [-0.4, -0.2) is 36.5 Å². The molecule has 4 nitrogen and oxygen atoms in total. The van der Waals surface area contributed by atoms with Crippen molar-refractivity contribution in [1.82, 2.24) is 0 Å². The number of carbonyl (C=O) groups excluding carboxylic acids is 1. The molecule has 0 spiro atoms. The summed E-state index contributed by atoms with van der Waals surface area (Å²) < 4.78 is 9.81. The van der Waals surface area contributed by atoms with Crippen LogP contribution in [-0.2, 0) is 14.3 Å². The van der Waals surface area contributed by atoms with Gasteiger partial charge in [-0.1, -0.05) is 12.2 Å². The maximum absolute atomic E-state index is 10.8. The molecule has 1 saturated carbocycles. The molecule has 1 saturated heterocycles. The number of epoxide rings is 1. The number of esters is 1. The van der Waals surface area contributed by atoms with Gasteiger partial charge in [0.15, 0.2) is 0 Å². The Bertz CT molecular complexity index is 300. The Kier molecular flexibility index (Phi) is 4.18. The number of hydrogen-bond donors (Lipinski definition) is 1. The predicted molar refractivity (Wildman–Crippen MR) is 62.4 cm³/mol. The molecule has 0 bridgehead atoms. The van der Waals surface area contributed by atoms with Crippen LogP contribution in [0, 0.1) is 5.92 Å². The van der Waals surface area contributed by atoms with Gasteiger partial charge in [0, 0.05) is 6.42 Å². The van der Waals surface area contributed by atoms with Gasteiger partial charge in [-0.2, -0.15) is 0 Å². The van der Waals surface area contributed by atoms with E-state index in [9.17, 15) is 9.90 Å². The molecule has 1 N–H and O–H groups in total. The van der Waals surface area contributed by atoms with E-state index in [0.717, 1.165) is 25.7 Å². The fourth-order valence-electron chi connectivity index (χ4n) is 2.44. The third-order valence-electron chi connectivity index (χ3n) is 3.56. The van der Waals surface area contributed by atoms with Crippen molar-refractivity contribution in [3.63, 3.8) is 0 Å². The van der Waals surface area contributed by atoms with E-state index in [0.29, 0.717) is 18.4 Å². The molecule has 2 aliphatic rings. The molecule has 4 atom stereocenters. The van der Waals surface area contributed by atoms with E-state index in [-0.39, 0.29) is 18.2 Å². The first-order valence-corrected chi connectivity index (χ1v) is 6.27. The number of unbranched alkanes of at least 4 members (excludes halogenated alkanes) is 1. The van der Waals surface area contributed by atoms with Gasteiger partial charge in [0.1, 0.15) is 6.10 Å². The topological polar surface area (TPSA) is 59.1 Å². The van der Waals surface area contributed by atoms with Crippen LogP contribution in [0.2, 0.25) is 0 Å². The second-order valence-corrected chi connectivity index (χ2v) is 4.80. The minimum Gasteiger partial charge on any atom is -0.469 e. The monoisotopic (exact) mass is 240 g/mol. The number of aliphatic hydroxyl groups excluding tert-OH is 1. The van der Waals surface area contributed by atoms with Crippen molar-refractivity contribution >= 4 is 5.97 Å². The Balaban J connectivity index is 1.54. The highest BCUT2D eigenvalue weighted by Crippen LogP contribution is 2.43. The van der Waals surface area contributed by atoms with Gasteiger partial charge in [-0.3, -0.25) is 4.79 Å². The van der Waals surface area contributed by atoms with Crippen LogP contribution < -0.4 is 0 Å². The van der Waals surface area contributed by atoms with Crippen LogP contribution in [0.1, 0.15) is 32.1 Å². The van der Waals surface area contributed by atoms with Gasteiger partial charge in [0.2, 0.25) is 0 Å². The number of methoxy groups -OCH3 is 1. The first kappa shape index (κ1) is 12.6. The SMILES string of the molecule is COC(=O)CCC/C=C\C[C@@H]1C[C@@H]2O[C@@H]2[C@@H]1O. The number of carbonyl (C=O) groups is 1. The first-order chi connectivity index (χ1) is 8.22. The van der Waals surface area contributed by atoms with Crippen molar-refractivity contribution in [2.45, 2.75) is 50.4 Å². The summed E-state index contributed by atoms with van der Waals surface area (Å²) >= 11 is 0. The van der Waals surface area contributed by atoms with E-state index in [4.69, 9.17) is 4.74 Å². The number of allylic oxidation sites excluding steroid dienone is 2. The summed E-state index contributed by atoms with van der Waals surface area (Å²) in [7, 11) is 1.41. The Hall–Kier alpha value is -0.870. The zero-order valence-electron chi connectivity index (χ0n) is 10.2. The van der Waals surface area contributed by atoms with E-state index in [1.54, 1.807) is 0 Å². The lowest BCUT2D eigenvalue weighted by Gasteiger charge is -2.14. The lowest BCUT2D eigenvalue weighted by Crippen LogP contribution is -2.20. The van der Waals surface area contributed by atoms with Gasteiger partial charge in [-0.05, 0) is 31.6 Å². The number of ether oxygens (including phenoxy) is 2. The highest BCUT2D eigenvalue weighted by atomic mass is 16.6. The summed E-state index contributed by atoms with van der Waals surface area (Å²) in [6, 6.07) is 0. The molecule has 0 unspecified atom stereocenters. The molecule has 1 aliphatic carbocycles. The van der Waals surface area contributed by atoms with Crippen LogP contribution in [0.3, 0.4) is 0 Å². The largest absolute Gasteiger partial charge is 0.469 e. The Morgan fingerprint density at radius 3 is 3.00 bits per heavy atom. The summed E-state index contributed by atoms with van der Waals surface area (Å²) in [6.07, 6.45) is 8.44. The fraction of sp³-hybridized carbons (Fsp3) is 0.769. The van der Waals surface area contributed by atoms with Gasteiger partial charge in [-0.15, -0.1) is 0 Å². The summed E-state index contributed by atoms with van der Waals surface area (Å²) in [4.78, 5) is 10.8. The van der Waals surface area contributed by atoms with Crippen LogP contribution in [0.4, 0.5) is 0 Å². The molecule has 0 aromatic heterocycles. The van der Waals surface area contributed by atoms with Gasteiger partial charge < -0.3 is 14.6 Å². The van der Waals surface area contributed by atoms with Gasteiger partial charge >= 0.3 is 5.97 Å². The zero-order valence-corrected chi connectivity index (χ0v) is 10.2. The second kappa shape index (κ2) is 5.65. The van der Waals surface area contributed by atoms with Crippen molar-refractivity contribution < 1.29 is 19.4 Å². The summed E-state index contributed by atoms with van der Waals surface area (Å²) in [5, 5.41) is 9.79. The van der Waals surface area contributed by atoms with Gasteiger partial charge in [-0.25, -0.2) is 0 Å². The van der Waals surface area contributed by atoms with E-state index < -0.39 is 0 Å². The average Bonchev–Trinajstić information content (AvgIpc) is 3.03. The molecule has 0 aromatic rings. The molecule has 96 valence electrons. The minimum atomic E-state index is -0.278. The number of fused-ring (bicyclic) bond motifs is 1. The molecule has 0 aromatic carbocycles. The predicted octanol–water partition coefficient (Wildman–Crippen LogP) is 1.42. The van der Waals surface area contributed by atoms with E-state index in [1.165, 1.54) is 7.11 Å². The molecular formula is C13H20O4. The molecule has 0 amide bonds. The standard InChI is InChI=1S/C13H20O4/c1-16-11(14)7-5-3-2-4-6-9-8-10-13(17-10)12(9)15/h2,4,9-10,12-13,15H,3,5-8H2,1H3/b4-2-/t9-,10+,12-,13+/m1/s1. The summed E-state index contributed by atoms with van der Waals surface area (Å²) in [5.41, 5.74) is 0. The molecular weight excluding hydrogens is 220 g/mol. The van der Waals surface area contributed by atoms with Crippen molar-refractivity contribution in [2.24, 2.45) is 5.92 Å². The number of hydrogen-bond acceptors (Lipinski definition) is 4. The Morgan fingerprint density at radius 1 is 1.53 bits per heavy atom. The maximum Gasteiger partial charge on any atom is 0.305 e. The first-order valence-electron chi connectivity index (χ1n) is 6.27. The molecule has 4 heteroatoms. The molecule has 2 rings (SSSR count). The summed E-state index contributed by atoms with van der Waals surface area (Å²) in [6.45, 7) is 0. The second-order valence-electron chi connectivity index (χ2n) is 4.80. The zero-order chi connectivity index (χ0) is 12.3. The highest BCUT2D eigenvalue weighted by Gasteiger charge is 2.54. The molecule has 0 radical (unpaired) electrons. The van der Waals surface area contributed by atoms with Crippen molar-refractivity contribution in [1.29, 1.82) is 0 Å². The minimum absolute atomic E-state index is 0.118. The van der Waals surface area contributed by atoms with Gasteiger partial charge in [0.05, 0.1) is 19.3 Å². The third kappa shape index (κ3) is 3.30. The Labute approximate surface area is 102 Å². The van der Waals surface area contributed by atoms with Crippen LogP contribution >= 0.6 is 0 Å². The summed E-state index contributed by atoms with van der Waals surface area (Å²) in [5.74, 6) is 0.206. The van der Waals surface area contributed by atoms with Crippen LogP contribution in [0.15, 0.2) is 12.2 Å². The Morgan fingerprint density at radius 2 is 2.35 bits per heavy atom. The molecule has 2 fully saturated rings. The van der Waals surface area contributed by atoms with Crippen LogP contribution in [0.5, 0.6) is 0 Å². The molecule has 1 aliphatic heterocycles. The van der Waals surface area contributed by atoms with Crippen LogP contribution in [0.25, 0.3) is 0 Å². The highest BCUT2D eigenvalue weighted by molar-refractivity contribution is 5.68. The quantitative estimate of drug-likeness (QED) is 0.330. The van der Waals surface area contributed by atoms with Crippen molar-refractivity contribution in [3.8, 4) is 0 Å². The average molecular weight is 240 g/mol.